The van der Waals surface area contributed by atoms with Crippen molar-refractivity contribution in [1.29, 1.82) is 0 Å². The van der Waals surface area contributed by atoms with Gasteiger partial charge in [-0.2, -0.15) is 0 Å². The minimum atomic E-state index is -0.380. The molecule has 0 atom stereocenters. The van der Waals surface area contributed by atoms with Crippen LogP contribution in [0.5, 0.6) is 5.75 Å². The van der Waals surface area contributed by atoms with Crippen molar-refractivity contribution < 1.29 is 5.11 Å². The molecule has 0 radical (unpaired) electrons. The maximum Gasteiger partial charge on any atom is 0.220 e. The summed E-state index contributed by atoms with van der Waals surface area (Å²) in [6.07, 6.45) is 3.43. The first-order valence-corrected chi connectivity index (χ1v) is 3.94. The van der Waals surface area contributed by atoms with E-state index in [2.05, 4.69) is 5.73 Å². The number of aromatic hydroxyl groups is 1. The summed E-state index contributed by atoms with van der Waals surface area (Å²) in [5.41, 5.74) is 3.20. The molecule has 13 heavy (non-hydrogen) atoms. The van der Waals surface area contributed by atoms with E-state index < -0.39 is 0 Å². The molecule has 0 amide bonds. The molecule has 66 valence electrons. The van der Waals surface area contributed by atoms with E-state index in [1.165, 1.54) is 12.1 Å². The van der Waals surface area contributed by atoms with Gasteiger partial charge in [0.25, 0.3) is 0 Å². The summed E-state index contributed by atoms with van der Waals surface area (Å²) < 4.78 is 0. The van der Waals surface area contributed by atoms with E-state index >= 15 is 0 Å². The van der Waals surface area contributed by atoms with Gasteiger partial charge >= 0.3 is 0 Å². The van der Waals surface area contributed by atoms with Gasteiger partial charge in [-0.15, -0.1) is 5.73 Å². The van der Waals surface area contributed by atoms with Gasteiger partial charge in [0.15, 0.2) is 5.75 Å². The summed E-state index contributed by atoms with van der Waals surface area (Å²) in [7, 11) is 0. The van der Waals surface area contributed by atoms with Gasteiger partial charge in [-0.05, 0) is 36.8 Å². The molecule has 0 saturated carbocycles. The smallest absolute Gasteiger partial charge is 0.220 e. The zero-order chi connectivity index (χ0) is 9.68. The van der Waals surface area contributed by atoms with Crippen molar-refractivity contribution in [3.63, 3.8) is 0 Å². The monoisotopic (exact) mass is 174 g/mol. The van der Waals surface area contributed by atoms with Crippen molar-refractivity contribution in [3.05, 3.63) is 51.9 Å². The molecule has 0 heterocycles. The normalized spacial score (nSPS) is 8.69. The van der Waals surface area contributed by atoms with Gasteiger partial charge in [0, 0.05) is 0 Å². The van der Waals surface area contributed by atoms with E-state index in [-0.39, 0.29) is 11.2 Å². The molecular formula is C11H10O2. The Hall–Kier alpha value is -1.79. The first kappa shape index (κ1) is 9.30. The molecule has 0 bridgehead atoms. The summed E-state index contributed by atoms with van der Waals surface area (Å²) in [6.45, 7) is 1.84. The molecule has 0 saturated heterocycles. The van der Waals surface area contributed by atoms with Crippen molar-refractivity contribution in [2.24, 2.45) is 0 Å². The molecule has 0 aliphatic carbocycles. The topological polar surface area (TPSA) is 37.3 Å². The van der Waals surface area contributed by atoms with Crippen molar-refractivity contribution in [2.45, 2.75) is 6.92 Å². The Labute approximate surface area is 76.5 Å². The van der Waals surface area contributed by atoms with E-state index in [0.29, 0.717) is 0 Å². The number of hydrogen-bond acceptors (Lipinski definition) is 2. The Kier molecular flexibility index (Phi) is 3.07. The van der Waals surface area contributed by atoms with Crippen molar-refractivity contribution in [2.75, 3.05) is 0 Å². The van der Waals surface area contributed by atoms with Gasteiger partial charge in [-0.1, -0.05) is 12.1 Å². The van der Waals surface area contributed by atoms with Gasteiger partial charge < -0.3 is 5.11 Å². The Morgan fingerprint density at radius 2 is 2.23 bits per heavy atom. The predicted octanol–water partition coefficient (Wildman–Crippen LogP) is 1.94. The average molecular weight is 174 g/mol. The highest BCUT2D eigenvalue weighted by molar-refractivity contribution is 5.48. The Bertz CT molecular complexity index is 413. The van der Waals surface area contributed by atoms with E-state index in [0.717, 1.165) is 5.56 Å². The molecule has 0 unspecified atom stereocenters. The molecule has 1 rings (SSSR count). The fraction of sp³-hybridized carbons (Fsp3) is 0.0909. The van der Waals surface area contributed by atoms with Crippen LogP contribution >= 0.6 is 0 Å². The first-order chi connectivity index (χ1) is 6.24. The van der Waals surface area contributed by atoms with Crippen LogP contribution in [0.4, 0.5) is 0 Å². The van der Waals surface area contributed by atoms with Crippen LogP contribution in [-0.4, -0.2) is 5.11 Å². The van der Waals surface area contributed by atoms with Crippen LogP contribution in [0.15, 0.2) is 40.9 Å². The van der Waals surface area contributed by atoms with Crippen LogP contribution in [0, 0.1) is 0 Å². The lowest BCUT2D eigenvalue weighted by Gasteiger charge is -1.79. The molecule has 0 aliphatic rings. The molecule has 0 aliphatic heterocycles. The molecule has 0 fully saturated rings. The van der Waals surface area contributed by atoms with E-state index in [1.807, 2.05) is 6.92 Å². The molecule has 1 aromatic carbocycles. The minimum absolute atomic E-state index is 0.236. The van der Waals surface area contributed by atoms with Crippen LogP contribution in [0.25, 0.3) is 6.08 Å². The summed E-state index contributed by atoms with van der Waals surface area (Å²) in [6, 6.07) is 6.10. The van der Waals surface area contributed by atoms with Crippen LogP contribution in [0.3, 0.4) is 0 Å². The van der Waals surface area contributed by atoms with Crippen molar-refractivity contribution in [3.8, 4) is 5.75 Å². The fourth-order valence-electron chi connectivity index (χ4n) is 0.875. The first-order valence-electron chi connectivity index (χ1n) is 3.94. The largest absolute Gasteiger partial charge is 0.504 e. The van der Waals surface area contributed by atoms with Crippen molar-refractivity contribution >= 4 is 6.08 Å². The van der Waals surface area contributed by atoms with Crippen LogP contribution < -0.4 is 5.43 Å². The third-order valence-electron chi connectivity index (χ3n) is 1.51. The summed E-state index contributed by atoms with van der Waals surface area (Å²) in [5, 5.41) is 9.07. The molecule has 1 N–H and O–H groups in total. The standard InChI is InChI=1S/C11H10O2/c1-2-3-5-9-6-4-7-10(12)11(13)8-9/h2,4-8H,1H3,(H,12,13). The third kappa shape index (κ3) is 2.62. The van der Waals surface area contributed by atoms with Gasteiger partial charge in [0.1, 0.15) is 0 Å². The van der Waals surface area contributed by atoms with Crippen LogP contribution in [0.1, 0.15) is 12.5 Å². The number of rotatable bonds is 1. The van der Waals surface area contributed by atoms with Gasteiger partial charge in [0.2, 0.25) is 5.43 Å². The highest BCUT2D eigenvalue weighted by Gasteiger charge is 1.91. The Morgan fingerprint density at radius 3 is 2.92 bits per heavy atom. The summed E-state index contributed by atoms with van der Waals surface area (Å²) in [5.74, 6) is -0.236. The maximum atomic E-state index is 11.1. The van der Waals surface area contributed by atoms with Gasteiger partial charge in [0.05, 0.1) is 0 Å². The SMILES string of the molecule is CC=C=Cc1cccc(O)c(=O)c1. The molecule has 2 nitrogen and oxygen atoms in total. The molecule has 0 aromatic heterocycles. The van der Waals surface area contributed by atoms with Crippen molar-refractivity contribution in [1.82, 2.24) is 0 Å². The second kappa shape index (κ2) is 4.29. The van der Waals surface area contributed by atoms with E-state index in [1.54, 1.807) is 24.3 Å². The lowest BCUT2D eigenvalue weighted by atomic mass is 10.3. The molecule has 0 spiro atoms. The molecular weight excluding hydrogens is 164 g/mol. The van der Waals surface area contributed by atoms with Gasteiger partial charge in [-0.3, -0.25) is 4.79 Å². The van der Waals surface area contributed by atoms with E-state index in [9.17, 15) is 4.79 Å². The van der Waals surface area contributed by atoms with E-state index in [4.69, 9.17) is 5.11 Å². The van der Waals surface area contributed by atoms with Crippen LogP contribution in [-0.2, 0) is 0 Å². The average Bonchev–Trinajstić information content (AvgIpc) is 2.26. The second-order valence-corrected chi connectivity index (χ2v) is 2.52. The zero-order valence-corrected chi connectivity index (χ0v) is 7.32. The highest BCUT2D eigenvalue weighted by atomic mass is 16.3. The lowest BCUT2D eigenvalue weighted by molar-refractivity contribution is 0.471. The quantitative estimate of drug-likeness (QED) is 0.660. The maximum absolute atomic E-state index is 11.1. The third-order valence-corrected chi connectivity index (χ3v) is 1.51. The number of hydrogen-bond donors (Lipinski definition) is 1. The fourth-order valence-corrected chi connectivity index (χ4v) is 0.875. The summed E-state index contributed by atoms with van der Waals surface area (Å²) in [4.78, 5) is 11.1. The second-order valence-electron chi connectivity index (χ2n) is 2.52. The van der Waals surface area contributed by atoms with Gasteiger partial charge in [-0.25, -0.2) is 0 Å². The highest BCUT2D eigenvalue weighted by Crippen LogP contribution is 2.01. The Morgan fingerprint density at radius 1 is 1.46 bits per heavy atom. The zero-order valence-electron chi connectivity index (χ0n) is 7.32. The van der Waals surface area contributed by atoms with Crippen LogP contribution in [0.2, 0.25) is 0 Å². The summed E-state index contributed by atoms with van der Waals surface area (Å²) >= 11 is 0. The minimum Gasteiger partial charge on any atom is -0.504 e. The number of allylic oxidation sites excluding steroid dienone is 1. The lowest BCUT2D eigenvalue weighted by Crippen LogP contribution is -1.92. The molecule has 2 heteroatoms. The molecule has 1 aromatic rings. The predicted molar refractivity (Wildman–Crippen MR) is 52.6 cm³/mol. The Balaban J connectivity index is 3.29.